The zero-order valence-electron chi connectivity index (χ0n) is 38.6. The van der Waals surface area contributed by atoms with Gasteiger partial charge in [-0.2, -0.15) is 0 Å². The van der Waals surface area contributed by atoms with Gasteiger partial charge in [0.25, 0.3) is 0 Å². The highest BCUT2D eigenvalue weighted by molar-refractivity contribution is 6.24. The monoisotopic (exact) mass is 880 g/mol. The lowest BCUT2D eigenvalue weighted by Gasteiger charge is -2.37. The van der Waals surface area contributed by atoms with Gasteiger partial charge in [-0.05, 0) is 166 Å². The summed E-state index contributed by atoms with van der Waals surface area (Å²) in [6.07, 6.45) is 0. The number of hydrogen-bond donors (Lipinski definition) is 0. The Morgan fingerprint density at radius 1 is 0.275 bits per heavy atom. The van der Waals surface area contributed by atoms with Gasteiger partial charge in [0.05, 0.1) is 0 Å². The minimum Gasteiger partial charge on any atom is -0.310 e. The molecule has 12 aromatic rings. The van der Waals surface area contributed by atoms with E-state index in [0.29, 0.717) is 0 Å². The standard InChI is InChI=1S/C67H48N2/c1-67(2)62-28-16-27-58-61-44-57(69(53-25-10-5-11-26-53)56-37-32-46-18-13-15-22-50(46)42-56)38-40-59(61)64(48-19-6-3-7-20-48)66(65(58)62)60-39-33-51(43-63(60)67)47-29-34-54(35-30-47)68(52-23-8-4-9-24-52)55-36-31-45-17-12-14-21-49(45)41-55/h3-44H,1-2H3. The number of anilines is 6. The van der Waals surface area contributed by atoms with Crippen LogP contribution in [0.4, 0.5) is 34.1 Å². The lowest BCUT2D eigenvalue weighted by molar-refractivity contribution is 0.645. The fourth-order valence-electron chi connectivity index (χ4n) is 11.2. The van der Waals surface area contributed by atoms with Crippen molar-refractivity contribution in [3.63, 3.8) is 0 Å². The van der Waals surface area contributed by atoms with Crippen LogP contribution in [0.1, 0.15) is 25.0 Å². The maximum Gasteiger partial charge on any atom is 0.0468 e. The summed E-state index contributed by atoms with van der Waals surface area (Å²) in [7, 11) is 0. The molecule has 0 saturated heterocycles. The van der Waals surface area contributed by atoms with Crippen LogP contribution in [0, 0.1) is 0 Å². The van der Waals surface area contributed by atoms with Crippen molar-refractivity contribution < 1.29 is 0 Å². The molecule has 0 aromatic heterocycles. The first-order valence-corrected chi connectivity index (χ1v) is 24.0. The van der Waals surface area contributed by atoms with Gasteiger partial charge in [-0.3, -0.25) is 0 Å². The van der Waals surface area contributed by atoms with Gasteiger partial charge in [-0.1, -0.05) is 190 Å². The van der Waals surface area contributed by atoms with Crippen molar-refractivity contribution in [2.75, 3.05) is 9.80 Å². The summed E-state index contributed by atoms with van der Waals surface area (Å²) in [6.45, 7) is 4.83. The molecule has 0 unspecified atom stereocenters. The van der Waals surface area contributed by atoms with E-state index in [2.05, 4.69) is 278 Å². The van der Waals surface area contributed by atoms with E-state index in [9.17, 15) is 0 Å². The van der Waals surface area contributed by atoms with Crippen molar-refractivity contribution in [3.8, 4) is 33.4 Å². The highest BCUT2D eigenvalue weighted by Crippen LogP contribution is 2.55. The molecule has 0 spiro atoms. The van der Waals surface area contributed by atoms with Gasteiger partial charge >= 0.3 is 0 Å². The number of hydrogen-bond acceptors (Lipinski definition) is 2. The minimum absolute atomic E-state index is 0.279. The Morgan fingerprint density at radius 2 is 0.768 bits per heavy atom. The van der Waals surface area contributed by atoms with Gasteiger partial charge in [-0.25, -0.2) is 0 Å². The molecule has 0 bridgehead atoms. The Balaban J connectivity index is 0.968. The third-order valence-electron chi connectivity index (χ3n) is 14.6. The van der Waals surface area contributed by atoms with E-state index in [0.717, 1.165) is 34.1 Å². The summed E-state index contributed by atoms with van der Waals surface area (Å²) in [4.78, 5) is 4.75. The van der Waals surface area contributed by atoms with Crippen LogP contribution in [-0.2, 0) is 5.41 Å². The molecule has 0 fully saturated rings. The lowest BCUT2D eigenvalue weighted by atomic mass is 9.66. The van der Waals surface area contributed by atoms with E-state index < -0.39 is 0 Å². The van der Waals surface area contributed by atoms with Crippen LogP contribution >= 0.6 is 0 Å². The number of para-hydroxylation sites is 2. The molecule has 12 aromatic carbocycles. The van der Waals surface area contributed by atoms with E-state index >= 15 is 0 Å². The second-order valence-corrected chi connectivity index (χ2v) is 18.9. The van der Waals surface area contributed by atoms with Crippen LogP contribution in [0.3, 0.4) is 0 Å². The van der Waals surface area contributed by atoms with E-state index in [4.69, 9.17) is 0 Å². The van der Waals surface area contributed by atoms with E-state index in [1.54, 1.807) is 0 Å². The molecular formula is C67H48N2. The summed E-state index contributed by atoms with van der Waals surface area (Å²) in [5.41, 5.74) is 16.7. The molecule has 0 saturated carbocycles. The third-order valence-corrected chi connectivity index (χ3v) is 14.6. The molecule has 0 aliphatic heterocycles. The van der Waals surface area contributed by atoms with Gasteiger partial charge in [0.2, 0.25) is 0 Å². The quantitative estimate of drug-likeness (QED) is 0.140. The van der Waals surface area contributed by atoms with Gasteiger partial charge in [0, 0.05) is 39.5 Å². The van der Waals surface area contributed by atoms with Crippen molar-refractivity contribution in [1.82, 2.24) is 0 Å². The van der Waals surface area contributed by atoms with Gasteiger partial charge in [0.1, 0.15) is 0 Å². The predicted octanol–water partition coefficient (Wildman–Crippen LogP) is 18.9. The summed E-state index contributed by atoms with van der Waals surface area (Å²) in [5, 5.41) is 10.0. The molecule has 0 heterocycles. The fourth-order valence-corrected chi connectivity index (χ4v) is 11.2. The average Bonchev–Trinajstić information content (AvgIpc) is 3.41. The van der Waals surface area contributed by atoms with Crippen LogP contribution in [-0.4, -0.2) is 0 Å². The van der Waals surface area contributed by atoms with Gasteiger partial charge < -0.3 is 9.80 Å². The van der Waals surface area contributed by atoms with Crippen molar-refractivity contribution in [2.24, 2.45) is 0 Å². The van der Waals surface area contributed by atoms with Crippen LogP contribution in [0.25, 0.3) is 76.5 Å². The number of rotatable bonds is 8. The molecule has 69 heavy (non-hydrogen) atoms. The molecule has 326 valence electrons. The van der Waals surface area contributed by atoms with Crippen molar-refractivity contribution >= 4 is 77.2 Å². The Morgan fingerprint density at radius 3 is 1.39 bits per heavy atom. The SMILES string of the molecule is CC1(C)c2cc(-c3ccc(N(c4ccccc4)c4ccc5ccccc5c4)cc3)ccc2-c2c(-c3ccccc3)c3ccc(N(c4ccccc4)c4ccc5ccccc5c4)cc3c3cccc1c23. The first-order chi connectivity index (χ1) is 34.0. The molecule has 0 atom stereocenters. The summed E-state index contributed by atoms with van der Waals surface area (Å²) >= 11 is 0. The van der Waals surface area contributed by atoms with Crippen LogP contribution in [0.15, 0.2) is 255 Å². The molecule has 2 nitrogen and oxygen atoms in total. The molecule has 0 N–H and O–H groups in total. The van der Waals surface area contributed by atoms with Crippen LogP contribution in [0.5, 0.6) is 0 Å². The average molecular weight is 881 g/mol. The summed E-state index contributed by atoms with van der Waals surface area (Å²) < 4.78 is 0. The highest BCUT2D eigenvalue weighted by Gasteiger charge is 2.36. The molecule has 0 radical (unpaired) electrons. The largest absolute Gasteiger partial charge is 0.310 e. The number of benzene rings is 12. The van der Waals surface area contributed by atoms with E-state index in [1.807, 2.05) is 0 Å². The summed E-state index contributed by atoms with van der Waals surface area (Å²) in [5.74, 6) is 0. The van der Waals surface area contributed by atoms with Crippen molar-refractivity contribution in [1.29, 1.82) is 0 Å². The third kappa shape index (κ3) is 6.79. The molecule has 1 aliphatic carbocycles. The summed E-state index contributed by atoms with van der Waals surface area (Å²) in [6, 6.07) is 93.7. The van der Waals surface area contributed by atoms with Gasteiger partial charge in [-0.15, -0.1) is 0 Å². The van der Waals surface area contributed by atoms with E-state index in [-0.39, 0.29) is 5.41 Å². The molecule has 2 heteroatoms. The number of nitrogens with zero attached hydrogens (tertiary/aromatic N) is 2. The first-order valence-electron chi connectivity index (χ1n) is 24.0. The normalized spacial score (nSPS) is 12.6. The van der Waals surface area contributed by atoms with Crippen LogP contribution in [0.2, 0.25) is 0 Å². The molecule has 13 rings (SSSR count). The Labute approximate surface area is 403 Å². The second-order valence-electron chi connectivity index (χ2n) is 18.9. The molecular weight excluding hydrogens is 833 g/mol. The minimum atomic E-state index is -0.279. The maximum absolute atomic E-state index is 2.47. The second kappa shape index (κ2) is 16.3. The lowest BCUT2D eigenvalue weighted by Crippen LogP contribution is -2.24. The Bertz CT molecular complexity index is 3910. The highest BCUT2D eigenvalue weighted by atomic mass is 15.1. The van der Waals surface area contributed by atoms with E-state index in [1.165, 1.54) is 87.6 Å². The van der Waals surface area contributed by atoms with Crippen molar-refractivity contribution in [3.05, 3.63) is 266 Å². The van der Waals surface area contributed by atoms with Crippen molar-refractivity contribution in [2.45, 2.75) is 19.3 Å². The first kappa shape index (κ1) is 40.5. The Kier molecular flexibility index (Phi) is 9.55. The maximum atomic E-state index is 2.47. The predicted molar refractivity (Wildman–Crippen MR) is 294 cm³/mol. The fraction of sp³-hybridized carbons (Fsp3) is 0.0448. The number of fused-ring (bicyclic) bond motifs is 6. The zero-order valence-corrected chi connectivity index (χ0v) is 38.6. The molecule has 0 amide bonds. The smallest absolute Gasteiger partial charge is 0.0468 e. The topological polar surface area (TPSA) is 6.48 Å². The molecule has 1 aliphatic rings. The van der Waals surface area contributed by atoms with Gasteiger partial charge in [0.15, 0.2) is 0 Å². The van der Waals surface area contributed by atoms with Crippen LogP contribution < -0.4 is 9.80 Å². The Hall–Kier alpha value is -8.72. The zero-order chi connectivity index (χ0) is 46.1.